The molecule has 1 saturated heterocycles. The van der Waals surface area contributed by atoms with E-state index in [1.165, 1.54) is 28.4 Å². The van der Waals surface area contributed by atoms with Gasteiger partial charge in [0.05, 0.1) is 14.8 Å². The van der Waals surface area contributed by atoms with Crippen molar-refractivity contribution >= 4 is 34.8 Å². The number of carbonyl (C=O) groups is 2. The summed E-state index contributed by atoms with van der Waals surface area (Å²) >= 11 is 7.02. The first-order chi connectivity index (χ1) is 12.3. The number of carbonyl (C=O) groups excluding carboxylic acids is 2. The number of thiophene rings is 1. The number of halogens is 4. The normalized spacial score (nSPS) is 15.2. The molecule has 0 atom stereocenters. The third-order valence-corrected chi connectivity index (χ3v) is 5.29. The Balaban J connectivity index is 1.64. The zero-order valence-electron chi connectivity index (χ0n) is 13.4. The summed E-state index contributed by atoms with van der Waals surface area (Å²) < 4.78 is 38.9. The van der Waals surface area contributed by atoms with E-state index in [4.69, 9.17) is 11.6 Å². The van der Waals surface area contributed by atoms with Gasteiger partial charge in [-0.25, -0.2) is 0 Å². The van der Waals surface area contributed by atoms with Crippen LogP contribution in [0.25, 0.3) is 0 Å². The molecule has 3 rings (SSSR count). The molecule has 2 heterocycles. The van der Waals surface area contributed by atoms with Crippen LogP contribution in [0.4, 0.5) is 13.2 Å². The molecule has 0 bridgehead atoms. The molecule has 1 aliphatic rings. The van der Waals surface area contributed by atoms with E-state index >= 15 is 0 Å². The summed E-state index contributed by atoms with van der Waals surface area (Å²) in [6.07, 6.45) is -4.50. The lowest BCUT2D eigenvalue weighted by Gasteiger charge is -2.34. The van der Waals surface area contributed by atoms with Crippen LogP contribution in [0.5, 0.6) is 0 Å². The van der Waals surface area contributed by atoms with Crippen LogP contribution >= 0.6 is 22.9 Å². The number of alkyl halides is 3. The Morgan fingerprint density at radius 1 is 0.962 bits per heavy atom. The Labute approximate surface area is 156 Å². The number of rotatable bonds is 2. The molecule has 0 unspecified atom stereocenters. The zero-order valence-corrected chi connectivity index (χ0v) is 15.0. The van der Waals surface area contributed by atoms with Crippen molar-refractivity contribution in [2.24, 2.45) is 0 Å². The molecule has 0 spiro atoms. The van der Waals surface area contributed by atoms with Gasteiger partial charge in [-0.05, 0) is 30.3 Å². The largest absolute Gasteiger partial charge is 0.416 e. The summed E-state index contributed by atoms with van der Waals surface area (Å²) in [6.45, 7) is 1.16. The fourth-order valence-electron chi connectivity index (χ4n) is 2.71. The highest BCUT2D eigenvalue weighted by molar-refractivity contribution is 7.17. The Hall–Kier alpha value is -2.06. The van der Waals surface area contributed by atoms with Crippen molar-refractivity contribution < 1.29 is 22.8 Å². The maximum atomic E-state index is 12.8. The number of hydrogen-bond acceptors (Lipinski definition) is 3. The lowest BCUT2D eigenvalue weighted by molar-refractivity contribution is -0.137. The third kappa shape index (κ3) is 4.02. The summed E-state index contributed by atoms with van der Waals surface area (Å²) in [5.41, 5.74) is -0.864. The Bertz CT molecular complexity index is 829. The molecule has 1 aromatic carbocycles. The summed E-state index contributed by atoms with van der Waals surface area (Å²) in [6, 6.07) is 7.66. The zero-order chi connectivity index (χ0) is 18.9. The van der Waals surface area contributed by atoms with Gasteiger partial charge < -0.3 is 9.80 Å². The smallest absolute Gasteiger partial charge is 0.335 e. The van der Waals surface area contributed by atoms with E-state index in [2.05, 4.69) is 0 Å². The van der Waals surface area contributed by atoms with Crippen LogP contribution in [0, 0.1) is 0 Å². The first kappa shape index (κ1) is 18.7. The van der Waals surface area contributed by atoms with Crippen LogP contribution in [0.1, 0.15) is 25.6 Å². The molecule has 0 N–H and O–H groups in total. The number of hydrogen-bond donors (Lipinski definition) is 0. The van der Waals surface area contributed by atoms with Gasteiger partial charge >= 0.3 is 6.18 Å². The molecule has 1 aliphatic heterocycles. The predicted molar refractivity (Wildman–Crippen MR) is 92.6 cm³/mol. The predicted octanol–water partition coefficient (Wildman–Crippen LogP) is 4.02. The van der Waals surface area contributed by atoms with E-state index in [1.54, 1.807) is 17.0 Å². The lowest BCUT2D eigenvalue weighted by atomic mass is 10.1. The summed E-state index contributed by atoms with van der Waals surface area (Å²) in [4.78, 5) is 28.4. The molecule has 2 amide bonds. The standard InChI is InChI=1S/C17H14ClF3N2O2S/c18-14-5-4-13(26-14)16(25)23-8-6-22(7-9-23)15(24)11-2-1-3-12(10-11)17(19,20)21/h1-5,10H,6-9H2. The Morgan fingerprint density at radius 3 is 2.12 bits per heavy atom. The lowest BCUT2D eigenvalue weighted by Crippen LogP contribution is -2.50. The van der Waals surface area contributed by atoms with Crippen molar-refractivity contribution in [3.8, 4) is 0 Å². The van der Waals surface area contributed by atoms with Gasteiger partial charge in [0.15, 0.2) is 0 Å². The summed E-state index contributed by atoms with van der Waals surface area (Å²) in [5.74, 6) is -0.629. The van der Waals surface area contributed by atoms with Crippen LogP contribution in [-0.2, 0) is 6.18 Å². The first-order valence-electron chi connectivity index (χ1n) is 7.77. The second-order valence-electron chi connectivity index (χ2n) is 5.77. The second kappa shape index (κ2) is 7.28. The molecule has 0 radical (unpaired) electrons. The van der Waals surface area contributed by atoms with Gasteiger partial charge in [-0.15, -0.1) is 11.3 Å². The SMILES string of the molecule is O=C(c1cccc(C(F)(F)F)c1)N1CCN(C(=O)c2ccc(Cl)s2)CC1. The quantitative estimate of drug-likeness (QED) is 0.761. The van der Waals surface area contributed by atoms with Crippen LogP contribution < -0.4 is 0 Å². The Kier molecular flexibility index (Phi) is 5.24. The van der Waals surface area contributed by atoms with E-state index < -0.39 is 17.6 Å². The monoisotopic (exact) mass is 402 g/mol. The van der Waals surface area contributed by atoms with Crippen molar-refractivity contribution in [1.82, 2.24) is 9.80 Å². The fraction of sp³-hybridized carbons (Fsp3) is 0.294. The molecule has 4 nitrogen and oxygen atoms in total. The summed E-state index contributed by atoms with van der Waals surface area (Å²) in [5, 5.41) is 0. The topological polar surface area (TPSA) is 40.6 Å². The number of benzene rings is 1. The molecule has 1 aromatic heterocycles. The molecular weight excluding hydrogens is 389 g/mol. The van der Waals surface area contributed by atoms with E-state index in [1.807, 2.05) is 0 Å². The van der Waals surface area contributed by atoms with Crippen LogP contribution in [0.15, 0.2) is 36.4 Å². The molecule has 9 heteroatoms. The average Bonchev–Trinajstić information content (AvgIpc) is 3.06. The third-order valence-electron chi connectivity index (χ3n) is 4.07. The van der Waals surface area contributed by atoms with Gasteiger partial charge in [0.2, 0.25) is 0 Å². The van der Waals surface area contributed by atoms with Crippen molar-refractivity contribution in [1.29, 1.82) is 0 Å². The number of amides is 2. The first-order valence-corrected chi connectivity index (χ1v) is 8.96. The maximum absolute atomic E-state index is 12.8. The molecule has 138 valence electrons. The Morgan fingerprint density at radius 2 is 1.58 bits per heavy atom. The molecule has 26 heavy (non-hydrogen) atoms. The van der Waals surface area contributed by atoms with Gasteiger partial charge in [-0.3, -0.25) is 9.59 Å². The van der Waals surface area contributed by atoms with Crippen molar-refractivity contribution in [2.75, 3.05) is 26.2 Å². The van der Waals surface area contributed by atoms with Crippen LogP contribution in [0.3, 0.4) is 0 Å². The van der Waals surface area contributed by atoms with Crippen molar-refractivity contribution in [3.05, 3.63) is 56.7 Å². The van der Waals surface area contributed by atoms with Crippen molar-refractivity contribution in [2.45, 2.75) is 6.18 Å². The van der Waals surface area contributed by atoms with Crippen LogP contribution in [-0.4, -0.2) is 47.8 Å². The average molecular weight is 403 g/mol. The molecule has 0 saturated carbocycles. The number of piperazine rings is 1. The molecule has 1 fully saturated rings. The highest BCUT2D eigenvalue weighted by atomic mass is 35.5. The van der Waals surface area contributed by atoms with Gasteiger partial charge in [-0.2, -0.15) is 13.2 Å². The second-order valence-corrected chi connectivity index (χ2v) is 7.48. The van der Waals surface area contributed by atoms with E-state index in [0.717, 1.165) is 12.1 Å². The highest BCUT2D eigenvalue weighted by Gasteiger charge is 2.32. The maximum Gasteiger partial charge on any atom is 0.416 e. The summed E-state index contributed by atoms with van der Waals surface area (Å²) in [7, 11) is 0. The van der Waals surface area contributed by atoms with Crippen LogP contribution in [0.2, 0.25) is 4.34 Å². The highest BCUT2D eigenvalue weighted by Crippen LogP contribution is 2.30. The van der Waals surface area contributed by atoms with Crippen molar-refractivity contribution in [3.63, 3.8) is 0 Å². The molecule has 2 aromatic rings. The van der Waals surface area contributed by atoms with Gasteiger partial charge in [0.25, 0.3) is 11.8 Å². The molecular formula is C17H14ClF3N2O2S. The molecule has 0 aliphatic carbocycles. The van der Waals surface area contributed by atoms with Gasteiger partial charge in [0, 0.05) is 31.7 Å². The minimum Gasteiger partial charge on any atom is -0.335 e. The van der Waals surface area contributed by atoms with E-state index in [0.29, 0.717) is 22.3 Å². The van der Waals surface area contributed by atoms with Gasteiger partial charge in [0.1, 0.15) is 0 Å². The minimum atomic E-state index is -4.50. The van der Waals surface area contributed by atoms with E-state index in [-0.39, 0.29) is 24.6 Å². The minimum absolute atomic E-state index is 0.00959. The fourth-order valence-corrected chi connectivity index (χ4v) is 3.72. The number of nitrogens with zero attached hydrogens (tertiary/aromatic N) is 2. The van der Waals surface area contributed by atoms with Gasteiger partial charge in [-0.1, -0.05) is 17.7 Å². The van der Waals surface area contributed by atoms with E-state index in [9.17, 15) is 22.8 Å².